The van der Waals surface area contributed by atoms with Crippen molar-refractivity contribution in [2.45, 2.75) is 25.8 Å². The number of hydrogen-bond donors (Lipinski definition) is 2. The molecule has 0 bridgehead atoms. The summed E-state index contributed by atoms with van der Waals surface area (Å²) in [5.74, 6) is 0.878. The smallest absolute Gasteiger partial charge is 0.117 e. The van der Waals surface area contributed by atoms with Crippen LogP contribution in [0.25, 0.3) is 0 Å². The Balaban J connectivity index is 2.47. The first-order valence-electron chi connectivity index (χ1n) is 4.28. The lowest BCUT2D eigenvalue weighted by atomic mass is 9.98. The van der Waals surface area contributed by atoms with Crippen molar-refractivity contribution in [3.63, 3.8) is 0 Å². The molecule has 0 spiro atoms. The number of fused-ring (bicyclic) bond motifs is 1. The van der Waals surface area contributed by atoms with Crippen LogP contribution in [0.1, 0.15) is 25.3 Å². The van der Waals surface area contributed by atoms with Crippen LogP contribution in [0, 0.1) is 0 Å². The van der Waals surface area contributed by atoms with Crippen LogP contribution in [-0.2, 0) is 0 Å². The molecule has 0 radical (unpaired) electrons. The van der Waals surface area contributed by atoms with E-state index in [1.165, 1.54) is 5.56 Å². The van der Waals surface area contributed by atoms with Gasteiger partial charge in [-0.05, 0) is 18.6 Å². The minimum absolute atomic E-state index is 0.336. The molecule has 0 aliphatic carbocycles. The number of benzene rings is 1. The first kappa shape index (κ1) is 7.47. The molecule has 0 saturated heterocycles. The van der Waals surface area contributed by atoms with Crippen LogP contribution in [0.2, 0.25) is 0 Å². The first-order valence-corrected chi connectivity index (χ1v) is 4.28. The Bertz CT molecular complexity index is 309. The summed E-state index contributed by atoms with van der Waals surface area (Å²) < 4.78 is 0. The van der Waals surface area contributed by atoms with E-state index in [9.17, 15) is 5.11 Å². The fourth-order valence-electron chi connectivity index (χ4n) is 1.71. The maximum atomic E-state index is 9.23. The molecular formula is C10H13NO. The highest BCUT2D eigenvalue weighted by Crippen LogP contribution is 2.36. The third-order valence-corrected chi connectivity index (χ3v) is 2.66. The van der Waals surface area contributed by atoms with Crippen LogP contribution < -0.4 is 5.32 Å². The minimum atomic E-state index is 0.336. The fraction of sp³-hybridized carbons (Fsp3) is 0.400. The van der Waals surface area contributed by atoms with Gasteiger partial charge in [-0.2, -0.15) is 0 Å². The molecule has 1 aromatic rings. The highest BCUT2D eigenvalue weighted by atomic mass is 16.3. The summed E-state index contributed by atoms with van der Waals surface area (Å²) in [5, 5.41) is 12.6. The average Bonchev–Trinajstić information content (AvgIpc) is 2.28. The van der Waals surface area contributed by atoms with Gasteiger partial charge in [0.25, 0.3) is 0 Å². The summed E-state index contributed by atoms with van der Waals surface area (Å²) in [5.41, 5.74) is 2.38. The molecule has 2 rings (SSSR count). The van der Waals surface area contributed by atoms with Gasteiger partial charge in [-0.15, -0.1) is 0 Å². The van der Waals surface area contributed by atoms with E-state index < -0.39 is 0 Å². The Morgan fingerprint density at radius 3 is 2.83 bits per heavy atom. The highest BCUT2D eigenvalue weighted by Gasteiger charge is 2.24. The first-order chi connectivity index (χ1) is 5.68. The van der Waals surface area contributed by atoms with E-state index in [1.807, 2.05) is 6.07 Å². The quantitative estimate of drug-likeness (QED) is 0.615. The van der Waals surface area contributed by atoms with Gasteiger partial charge in [-0.25, -0.2) is 0 Å². The highest BCUT2D eigenvalue weighted by molar-refractivity contribution is 5.61. The van der Waals surface area contributed by atoms with E-state index in [0.29, 0.717) is 17.7 Å². The molecule has 0 aromatic heterocycles. The predicted molar refractivity (Wildman–Crippen MR) is 49.6 cm³/mol. The number of anilines is 1. The normalized spacial score (nSPS) is 26.5. The van der Waals surface area contributed by atoms with Crippen molar-refractivity contribution in [3.8, 4) is 5.75 Å². The third kappa shape index (κ3) is 0.951. The lowest BCUT2D eigenvalue weighted by Gasteiger charge is -2.08. The lowest BCUT2D eigenvalue weighted by Crippen LogP contribution is -2.12. The van der Waals surface area contributed by atoms with E-state index in [-0.39, 0.29) is 0 Å². The monoisotopic (exact) mass is 163 g/mol. The molecule has 0 saturated carbocycles. The number of phenols is 1. The van der Waals surface area contributed by atoms with Gasteiger partial charge in [-0.1, -0.05) is 13.0 Å². The maximum absolute atomic E-state index is 9.23. The van der Waals surface area contributed by atoms with Crippen LogP contribution >= 0.6 is 0 Å². The Morgan fingerprint density at radius 2 is 2.08 bits per heavy atom. The largest absolute Gasteiger partial charge is 0.508 e. The van der Waals surface area contributed by atoms with E-state index in [4.69, 9.17) is 0 Å². The van der Waals surface area contributed by atoms with Gasteiger partial charge in [0, 0.05) is 23.7 Å². The second-order valence-corrected chi connectivity index (χ2v) is 3.49. The van der Waals surface area contributed by atoms with Crippen molar-refractivity contribution in [1.82, 2.24) is 0 Å². The van der Waals surface area contributed by atoms with Crippen molar-refractivity contribution in [2.24, 2.45) is 0 Å². The standard InChI is InChI=1S/C10H13NO/c1-6-7(2)11-10-5-8(12)3-4-9(6)10/h3-7,11-12H,1-2H3. The van der Waals surface area contributed by atoms with E-state index >= 15 is 0 Å². The minimum Gasteiger partial charge on any atom is -0.508 e. The van der Waals surface area contributed by atoms with Crippen molar-refractivity contribution in [2.75, 3.05) is 5.32 Å². The lowest BCUT2D eigenvalue weighted by molar-refractivity contribution is 0.475. The summed E-state index contributed by atoms with van der Waals surface area (Å²) in [6.45, 7) is 4.35. The molecule has 2 atom stereocenters. The zero-order chi connectivity index (χ0) is 8.72. The van der Waals surface area contributed by atoms with Crippen LogP contribution in [-0.4, -0.2) is 11.1 Å². The summed E-state index contributed by atoms with van der Waals surface area (Å²) in [4.78, 5) is 0. The van der Waals surface area contributed by atoms with Gasteiger partial charge < -0.3 is 10.4 Å². The second-order valence-electron chi connectivity index (χ2n) is 3.49. The molecule has 0 amide bonds. The van der Waals surface area contributed by atoms with Gasteiger partial charge in [0.15, 0.2) is 0 Å². The van der Waals surface area contributed by atoms with Crippen molar-refractivity contribution in [1.29, 1.82) is 0 Å². The molecule has 2 unspecified atom stereocenters. The summed E-state index contributed by atoms with van der Waals surface area (Å²) in [7, 11) is 0. The maximum Gasteiger partial charge on any atom is 0.117 e. The van der Waals surface area contributed by atoms with Crippen LogP contribution in [0.4, 0.5) is 5.69 Å². The Labute approximate surface area is 72.2 Å². The molecule has 1 aromatic carbocycles. The van der Waals surface area contributed by atoms with Crippen molar-refractivity contribution >= 4 is 5.69 Å². The molecule has 0 fully saturated rings. The second kappa shape index (κ2) is 2.41. The van der Waals surface area contributed by atoms with Crippen molar-refractivity contribution < 1.29 is 5.11 Å². The molecule has 1 aliphatic rings. The Morgan fingerprint density at radius 1 is 1.33 bits per heavy atom. The van der Waals surface area contributed by atoms with E-state index in [2.05, 4.69) is 19.2 Å². The van der Waals surface area contributed by atoms with Gasteiger partial charge in [0.05, 0.1) is 0 Å². The average molecular weight is 163 g/mol. The van der Waals surface area contributed by atoms with Crippen LogP contribution in [0.3, 0.4) is 0 Å². The topological polar surface area (TPSA) is 32.3 Å². The third-order valence-electron chi connectivity index (χ3n) is 2.66. The van der Waals surface area contributed by atoms with E-state index in [1.54, 1.807) is 12.1 Å². The molecule has 2 N–H and O–H groups in total. The molecule has 12 heavy (non-hydrogen) atoms. The van der Waals surface area contributed by atoms with Gasteiger partial charge in [0.2, 0.25) is 0 Å². The van der Waals surface area contributed by atoms with Gasteiger partial charge in [-0.3, -0.25) is 0 Å². The Kier molecular flexibility index (Phi) is 1.50. The summed E-state index contributed by atoms with van der Waals surface area (Å²) >= 11 is 0. The molecular weight excluding hydrogens is 150 g/mol. The van der Waals surface area contributed by atoms with Gasteiger partial charge >= 0.3 is 0 Å². The number of phenolic OH excluding ortho intramolecular Hbond substituents is 1. The Hall–Kier alpha value is -1.18. The predicted octanol–water partition coefficient (Wildman–Crippen LogP) is 2.31. The SMILES string of the molecule is CC1Nc2cc(O)ccc2C1C. The zero-order valence-corrected chi connectivity index (χ0v) is 7.33. The number of nitrogens with one attached hydrogen (secondary N) is 1. The molecule has 2 heteroatoms. The molecule has 2 nitrogen and oxygen atoms in total. The van der Waals surface area contributed by atoms with Gasteiger partial charge in [0.1, 0.15) is 5.75 Å². The molecule has 1 heterocycles. The van der Waals surface area contributed by atoms with Crippen LogP contribution in [0.15, 0.2) is 18.2 Å². The van der Waals surface area contributed by atoms with Crippen molar-refractivity contribution in [3.05, 3.63) is 23.8 Å². The fourth-order valence-corrected chi connectivity index (χ4v) is 1.71. The van der Waals surface area contributed by atoms with Crippen LogP contribution in [0.5, 0.6) is 5.75 Å². The number of hydrogen-bond acceptors (Lipinski definition) is 2. The molecule has 64 valence electrons. The van der Waals surface area contributed by atoms with E-state index in [0.717, 1.165) is 5.69 Å². The summed E-state index contributed by atoms with van der Waals surface area (Å²) in [6, 6.07) is 6.00. The summed E-state index contributed by atoms with van der Waals surface area (Å²) in [6.07, 6.45) is 0. The zero-order valence-electron chi connectivity index (χ0n) is 7.33. The number of rotatable bonds is 0. The number of aromatic hydroxyl groups is 1. The molecule has 1 aliphatic heterocycles.